The Morgan fingerprint density at radius 3 is 2.27 bits per heavy atom. The van der Waals surface area contributed by atoms with Gasteiger partial charge in [-0.25, -0.2) is 0 Å². The minimum Gasteiger partial charge on any atom is -0.321 e. The molecular weight excluding hydrogens is 446 g/mol. The van der Waals surface area contributed by atoms with Gasteiger partial charge in [0.15, 0.2) is 0 Å². The summed E-state index contributed by atoms with van der Waals surface area (Å²) in [6.07, 6.45) is 7.16. The minimum atomic E-state index is -0.465. The lowest BCUT2D eigenvalue weighted by atomic mass is 9.43. The molecule has 0 aliphatic heterocycles. The van der Waals surface area contributed by atoms with Gasteiger partial charge >= 0.3 is 0 Å². The number of hydrogen-bond donors (Lipinski definition) is 1. The van der Waals surface area contributed by atoms with E-state index in [0.29, 0.717) is 0 Å². The third-order valence-electron chi connectivity index (χ3n) is 9.86. The molecular formula is C36H41N. The van der Waals surface area contributed by atoms with Gasteiger partial charge in [0, 0.05) is 11.0 Å². The van der Waals surface area contributed by atoms with Crippen LogP contribution in [0.3, 0.4) is 0 Å². The molecule has 5 rings (SSSR count). The fourth-order valence-corrected chi connectivity index (χ4v) is 8.09. The number of benzene rings is 2. The molecule has 2 aromatic carbocycles. The molecule has 3 atom stereocenters. The summed E-state index contributed by atoms with van der Waals surface area (Å²) in [4.78, 5) is 0. The third-order valence-corrected chi connectivity index (χ3v) is 9.86. The van der Waals surface area contributed by atoms with Gasteiger partial charge in [0.1, 0.15) is 0 Å². The van der Waals surface area contributed by atoms with Crippen LogP contribution in [0.4, 0.5) is 0 Å². The van der Waals surface area contributed by atoms with E-state index in [-0.39, 0.29) is 10.8 Å². The maximum atomic E-state index is 7.52. The highest BCUT2D eigenvalue weighted by Gasteiger charge is 2.60. The number of nitrogens with two attached hydrogens (primary N) is 1. The van der Waals surface area contributed by atoms with Crippen LogP contribution >= 0.6 is 0 Å². The maximum Gasteiger partial charge on any atom is 0.0462 e. The monoisotopic (exact) mass is 487 g/mol. The molecule has 0 amide bonds. The van der Waals surface area contributed by atoms with Gasteiger partial charge in [-0.05, 0) is 102 Å². The Morgan fingerprint density at radius 1 is 0.946 bits per heavy atom. The summed E-state index contributed by atoms with van der Waals surface area (Å²) in [5.74, 6) is 0. The summed E-state index contributed by atoms with van der Waals surface area (Å²) in [7, 11) is 0. The number of hydrogen-bond acceptors (Lipinski definition) is 1. The highest BCUT2D eigenvalue weighted by Crippen LogP contribution is 2.67. The van der Waals surface area contributed by atoms with E-state index in [1.807, 2.05) is 0 Å². The molecule has 190 valence electrons. The summed E-state index contributed by atoms with van der Waals surface area (Å²) >= 11 is 0. The fourth-order valence-electron chi connectivity index (χ4n) is 8.09. The van der Waals surface area contributed by atoms with Crippen LogP contribution in [0.15, 0.2) is 95.6 Å². The van der Waals surface area contributed by atoms with Gasteiger partial charge < -0.3 is 5.73 Å². The molecule has 0 saturated carbocycles. The second-order valence-corrected chi connectivity index (χ2v) is 12.3. The molecule has 0 bridgehead atoms. The Hall–Kier alpha value is -3.16. The van der Waals surface area contributed by atoms with Crippen LogP contribution in [-0.4, -0.2) is 5.54 Å². The van der Waals surface area contributed by atoms with Crippen molar-refractivity contribution in [3.05, 3.63) is 123 Å². The SMILES string of the molecule is C=C(C)C1=C(C)CC2(C)CC3(N)Cc4c(/C=C/c5ccccc5)ccc(C)c4C(=C)C3=C(C)C2(C)C1=C. The molecule has 0 radical (unpaired) electrons. The van der Waals surface area contributed by atoms with E-state index in [9.17, 15) is 0 Å². The van der Waals surface area contributed by atoms with Gasteiger partial charge in [0.05, 0.1) is 0 Å². The van der Waals surface area contributed by atoms with Crippen molar-refractivity contribution in [2.75, 3.05) is 0 Å². The van der Waals surface area contributed by atoms with E-state index in [0.717, 1.165) is 30.4 Å². The molecule has 3 aliphatic carbocycles. The number of allylic oxidation sites excluding steroid dienone is 5. The molecule has 0 fully saturated rings. The summed E-state index contributed by atoms with van der Waals surface area (Å²) in [5, 5.41) is 0. The first kappa shape index (κ1) is 25.5. The lowest BCUT2D eigenvalue weighted by molar-refractivity contribution is 0.0773. The second kappa shape index (κ2) is 8.43. The number of rotatable bonds is 3. The van der Waals surface area contributed by atoms with Crippen LogP contribution in [0.5, 0.6) is 0 Å². The molecule has 1 nitrogen and oxygen atoms in total. The van der Waals surface area contributed by atoms with Gasteiger partial charge in [-0.1, -0.05) is 105 Å². The molecule has 0 heterocycles. The van der Waals surface area contributed by atoms with Gasteiger partial charge in [-0.15, -0.1) is 0 Å². The lowest BCUT2D eigenvalue weighted by Gasteiger charge is -2.62. The maximum absolute atomic E-state index is 7.52. The van der Waals surface area contributed by atoms with Crippen LogP contribution < -0.4 is 5.73 Å². The Labute approximate surface area is 223 Å². The topological polar surface area (TPSA) is 26.0 Å². The van der Waals surface area contributed by atoms with E-state index in [4.69, 9.17) is 18.9 Å². The number of aryl methyl sites for hydroxylation is 1. The van der Waals surface area contributed by atoms with Crippen molar-refractivity contribution in [3.8, 4) is 0 Å². The van der Waals surface area contributed by atoms with Gasteiger partial charge in [-0.2, -0.15) is 0 Å². The van der Waals surface area contributed by atoms with Crippen molar-refractivity contribution in [1.29, 1.82) is 0 Å². The summed E-state index contributed by atoms with van der Waals surface area (Å²) < 4.78 is 0. The lowest BCUT2D eigenvalue weighted by Crippen LogP contribution is -2.60. The average Bonchev–Trinajstić information content (AvgIpc) is 2.81. The van der Waals surface area contributed by atoms with E-state index >= 15 is 0 Å². The largest absolute Gasteiger partial charge is 0.321 e. The van der Waals surface area contributed by atoms with E-state index in [2.05, 4.69) is 103 Å². The van der Waals surface area contributed by atoms with E-state index in [1.54, 1.807) is 0 Å². The van der Waals surface area contributed by atoms with Crippen molar-refractivity contribution >= 4 is 17.7 Å². The van der Waals surface area contributed by atoms with Gasteiger partial charge in [-0.3, -0.25) is 0 Å². The molecule has 0 aromatic heterocycles. The first-order valence-electron chi connectivity index (χ1n) is 13.5. The van der Waals surface area contributed by atoms with Crippen LogP contribution in [0.25, 0.3) is 17.7 Å². The molecule has 0 saturated heterocycles. The van der Waals surface area contributed by atoms with Gasteiger partial charge in [0.2, 0.25) is 0 Å². The smallest absolute Gasteiger partial charge is 0.0462 e. The first-order chi connectivity index (χ1) is 17.3. The Kier molecular flexibility index (Phi) is 5.81. The summed E-state index contributed by atoms with van der Waals surface area (Å²) in [6, 6.07) is 15.0. The molecule has 2 N–H and O–H groups in total. The summed E-state index contributed by atoms with van der Waals surface area (Å²) in [5.41, 5.74) is 21.7. The Bertz CT molecular complexity index is 1460. The second-order valence-electron chi connectivity index (χ2n) is 12.3. The average molecular weight is 488 g/mol. The van der Waals surface area contributed by atoms with Crippen LogP contribution in [0.2, 0.25) is 0 Å². The van der Waals surface area contributed by atoms with Crippen LogP contribution in [0.1, 0.15) is 75.3 Å². The predicted octanol–water partition coefficient (Wildman–Crippen LogP) is 9.02. The zero-order valence-electron chi connectivity index (χ0n) is 23.5. The highest BCUT2D eigenvalue weighted by molar-refractivity contribution is 5.90. The minimum absolute atomic E-state index is 0.0307. The van der Waals surface area contributed by atoms with Crippen molar-refractivity contribution in [2.24, 2.45) is 16.6 Å². The summed E-state index contributed by atoms with van der Waals surface area (Å²) in [6.45, 7) is 27.4. The van der Waals surface area contributed by atoms with Crippen LogP contribution in [0, 0.1) is 17.8 Å². The van der Waals surface area contributed by atoms with Gasteiger partial charge in [0.25, 0.3) is 0 Å². The quantitative estimate of drug-likeness (QED) is 0.429. The molecule has 2 aromatic rings. The first-order valence-corrected chi connectivity index (χ1v) is 13.5. The Balaban J connectivity index is 1.70. The molecule has 37 heavy (non-hydrogen) atoms. The highest BCUT2D eigenvalue weighted by atomic mass is 14.8. The predicted molar refractivity (Wildman–Crippen MR) is 161 cm³/mol. The van der Waals surface area contributed by atoms with Crippen LogP contribution in [-0.2, 0) is 6.42 Å². The third kappa shape index (κ3) is 3.55. The zero-order valence-corrected chi connectivity index (χ0v) is 23.5. The van der Waals surface area contributed by atoms with E-state index in [1.165, 1.54) is 55.7 Å². The van der Waals surface area contributed by atoms with Crippen molar-refractivity contribution in [2.45, 2.75) is 66.3 Å². The van der Waals surface area contributed by atoms with E-state index < -0.39 is 5.54 Å². The number of fused-ring (bicyclic) bond motifs is 3. The molecule has 1 heteroatoms. The standard InChI is InChI=1S/C36H41N/c1-22(2)31-24(4)19-34(8)21-36(37)20-30-29(18-16-28-13-11-10-12-14-28)17-15-23(3)32(30)25(5)33(36)27(7)35(34,9)26(31)6/h10-18H,1,5-6,19-21,37H2,2-4,7-9H3/b18-16+. The Morgan fingerprint density at radius 2 is 1.62 bits per heavy atom. The molecule has 3 unspecified atom stereocenters. The van der Waals surface area contributed by atoms with Crippen molar-refractivity contribution in [3.63, 3.8) is 0 Å². The zero-order chi connectivity index (χ0) is 26.9. The molecule has 0 spiro atoms. The van der Waals surface area contributed by atoms with Crippen molar-refractivity contribution in [1.82, 2.24) is 0 Å². The molecule has 3 aliphatic rings. The fraction of sp³-hybridized carbons (Fsp3) is 0.333. The van der Waals surface area contributed by atoms with Crippen molar-refractivity contribution < 1.29 is 0 Å². The normalized spacial score (nSPS) is 29.4.